The minimum atomic E-state index is -3.56. The summed E-state index contributed by atoms with van der Waals surface area (Å²) in [7, 11) is -3.56. The van der Waals surface area contributed by atoms with Crippen molar-refractivity contribution < 1.29 is 13.2 Å². The van der Waals surface area contributed by atoms with E-state index in [1.54, 1.807) is 30.3 Å². The molecule has 2 rings (SSSR count). The number of benzene rings is 1. The van der Waals surface area contributed by atoms with Gasteiger partial charge in [0.05, 0.1) is 18.2 Å². The van der Waals surface area contributed by atoms with Gasteiger partial charge >= 0.3 is 0 Å². The van der Waals surface area contributed by atoms with E-state index < -0.39 is 15.9 Å². The molecule has 0 aliphatic carbocycles. The molecule has 0 atom stereocenters. The first kappa shape index (κ1) is 16.2. The van der Waals surface area contributed by atoms with E-state index >= 15 is 0 Å². The molecule has 0 saturated heterocycles. The van der Waals surface area contributed by atoms with Crippen molar-refractivity contribution in [3.8, 4) is 0 Å². The molecule has 1 aromatic carbocycles. The Kier molecular flexibility index (Phi) is 5.29. The van der Waals surface area contributed by atoms with E-state index in [1.807, 2.05) is 17.5 Å². The summed E-state index contributed by atoms with van der Waals surface area (Å²) >= 11 is 1.48. The van der Waals surface area contributed by atoms with Crippen LogP contribution < -0.4 is 9.73 Å². The number of carbonyl (C=O) groups is 1. The number of nitrogens with one attached hydrogen (secondary N) is 1. The molecule has 0 spiro atoms. The molecule has 6 nitrogen and oxygen atoms in total. The van der Waals surface area contributed by atoms with Crippen molar-refractivity contribution in [3.63, 3.8) is 0 Å². The van der Waals surface area contributed by atoms with Gasteiger partial charge in [0.15, 0.2) is 0 Å². The van der Waals surface area contributed by atoms with Crippen LogP contribution in [0.15, 0.2) is 52.9 Å². The summed E-state index contributed by atoms with van der Waals surface area (Å²) in [5, 5.41) is 5.70. The van der Waals surface area contributed by atoms with E-state index in [2.05, 4.69) is 10.5 Å². The van der Waals surface area contributed by atoms with Crippen LogP contribution in [0.3, 0.4) is 0 Å². The zero-order valence-corrected chi connectivity index (χ0v) is 13.5. The number of anilines is 1. The van der Waals surface area contributed by atoms with Crippen molar-refractivity contribution in [2.24, 2.45) is 5.10 Å². The molecule has 22 heavy (non-hydrogen) atoms. The largest absolute Gasteiger partial charge is 0.271 e. The van der Waals surface area contributed by atoms with Gasteiger partial charge in [-0.05, 0) is 23.6 Å². The molecule has 0 unspecified atom stereocenters. The molecule has 0 saturated carbocycles. The lowest BCUT2D eigenvalue weighted by Gasteiger charge is -2.21. The lowest BCUT2D eigenvalue weighted by Crippen LogP contribution is -2.38. The Balaban J connectivity index is 2.03. The Morgan fingerprint density at radius 3 is 2.59 bits per heavy atom. The standard InChI is InChI=1S/C14H15N3O3S2/c1-22(19,20)17(12-6-3-2-4-7-12)11-14(18)16-15-10-13-8-5-9-21-13/h2-10H,11H2,1H3,(H,16,18)/b15-10-. The highest BCUT2D eigenvalue weighted by Gasteiger charge is 2.20. The highest BCUT2D eigenvalue weighted by Crippen LogP contribution is 2.16. The van der Waals surface area contributed by atoms with Gasteiger partial charge in [-0.2, -0.15) is 5.10 Å². The summed E-state index contributed by atoms with van der Waals surface area (Å²) < 4.78 is 24.7. The maximum absolute atomic E-state index is 11.9. The topological polar surface area (TPSA) is 78.8 Å². The molecule has 0 fully saturated rings. The maximum Gasteiger partial charge on any atom is 0.260 e. The second-order valence-corrected chi connectivity index (χ2v) is 7.30. The fourth-order valence-electron chi connectivity index (χ4n) is 1.69. The normalized spacial score (nSPS) is 11.5. The van der Waals surface area contributed by atoms with Gasteiger partial charge in [0.2, 0.25) is 10.0 Å². The van der Waals surface area contributed by atoms with Gasteiger partial charge in [-0.25, -0.2) is 13.8 Å². The summed E-state index contributed by atoms with van der Waals surface area (Å²) in [5.74, 6) is -0.512. The lowest BCUT2D eigenvalue weighted by atomic mass is 10.3. The van der Waals surface area contributed by atoms with Crippen LogP contribution in [0.5, 0.6) is 0 Å². The monoisotopic (exact) mass is 337 g/mol. The van der Waals surface area contributed by atoms with Crippen LogP contribution in [0.1, 0.15) is 4.88 Å². The number of para-hydroxylation sites is 1. The molecule has 0 bridgehead atoms. The smallest absolute Gasteiger partial charge is 0.260 e. The quantitative estimate of drug-likeness (QED) is 0.643. The zero-order valence-electron chi connectivity index (χ0n) is 11.8. The van der Waals surface area contributed by atoms with Gasteiger partial charge in [0.25, 0.3) is 5.91 Å². The molecule has 1 N–H and O–H groups in total. The fourth-order valence-corrected chi connectivity index (χ4v) is 3.13. The van der Waals surface area contributed by atoms with Gasteiger partial charge in [-0.3, -0.25) is 9.10 Å². The van der Waals surface area contributed by atoms with Crippen LogP contribution in [0.2, 0.25) is 0 Å². The van der Waals surface area contributed by atoms with Crippen molar-refractivity contribution in [2.45, 2.75) is 0 Å². The summed E-state index contributed by atoms with van der Waals surface area (Å²) in [6.45, 7) is -0.329. The predicted octanol–water partition coefficient (Wildman–Crippen LogP) is 1.66. The molecule has 1 heterocycles. The highest BCUT2D eigenvalue weighted by molar-refractivity contribution is 7.92. The molecule has 0 aliphatic heterocycles. The van der Waals surface area contributed by atoms with Crippen molar-refractivity contribution >= 4 is 39.2 Å². The van der Waals surface area contributed by atoms with Crippen LogP contribution in [0.25, 0.3) is 0 Å². The van der Waals surface area contributed by atoms with E-state index in [-0.39, 0.29) is 6.54 Å². The fraction of sp³-hybridized carbons (Fsp3) is 0.143. The number of rotatable bonds is 6. The number of thiophene rings is 1. The number of amides is 1. The van der Waals surface area contributed by atoms with Crippen molar-refractivity contribution in [1.29, 1.82) is 0 Å². The number of hydrazone groups is 1. The Hall–Kier alpha value is -2.19. The molecule has 116 valence electrons. The third-order valence-corrected chi connectivity index (χ3v) is 4.60. The van der Waals surface area contributed by atoms with Crippen LogP contribution in [-0.4, -0.2) is 33.3 Å². The first-order valence-corrected chi connectivity index (χ1v) is 9.08. The third-order valence-electron chi connectivity index (χ3n) is 2.66. The van der Waals surface area contributed by atoms with E-state index in [0.717, 1.165) is 15.4 Å². The first-order chi connectivity index (χ1) is 10.5. The summed E-state index contributed by atoms with van der Waals surface area (Å²) in [6, 6.07) is 12.2. The molecule has 1 aromatic heterocycles. The highest BCUT2D eigenvalue weighted by atomic mass is 32.2. The second-order valence-electron chi connectivity index (χ2n) is 4.41. The van der Waals surface area contributed by atoms with Crippen molar-refractivity contribution in [1.82, 2.24) is 5.43 Å². The Bertz CT molecular complexity index is 741. The number of hydrogen-bond acceptors (Lipinski definition) is 5. The third kappa shape index (κ3) is 4.68. The van der Waals surface area contributed by atoms with Gasteiger partial charge in [0.1, 0.15) is 6.54 Å². The second kappa shape index (κ2) is 7.19. The van der Waals surface area contributed by atoms with Gasteiger partial charge in [0, 0.05) is 4.88 Å². The summed E-state index contributed by atoms with van der Waals surface area (Å²) in [4.78, 5) is 12.8. The molecule has 2 aromatic rings. The first-order valence-electron chi connectivity index (χ1n) is 6.35. The molecular weight excluding hydrogens is 322 g/mol. The Morgan fingerprint density at radius 1 is 1.27 bits per heavy atom. The average molecular weight is 337 g/mol. The van der Waals surface area contributed by atoms with Gasteiger partial charge in [-0.1, -0.05) is 24.3 Å². The minimum absolute atomic E-state index is 0.329. The van der Waals surface area contributed by atoms with E-state index in [9.17, 15) is 13.2 Å². The Morgan fingerprint density at radius 2 is 2.00 bits per heavy atom. The zero-order chi connectivity index (χ0) is 16.0. The SMILES string of the molecule is CS(=O)(=O)N(CC(=O)N/N=C\c1cccs1)c1ccccc1. The molecule has 0 aliphatic rings. The van der Waals surface area contributed by atoms with Crippen molar-refractivity contribution in [2.75, 3.05) is 17.1 Å². The van der Waals surface area contributed by atoms with Crippen LogP contribution >= 0.6 is 11.3 Å². The van der Waals surface area contributed by atoms with E-state index in [1.165, 1.54) is 17.6 Å². The number of hydrogen-bond donors (Lipinski definition) is 1. The minimum Gasteiger partial charge on any atom is -0.271 e. The predicted molar refractivity (Wildman–Crippen MR) is 88.7 cm³/mol. The van der Waals surface area contributed by atoms with Crippen LogP contribution in [-0.2, 0) is 14.8 Å². The molecule has 1 amide bonds. The van der Waals surface area contributed by atoms with E-state index in [0.29, 0.717) is 5.69 Å². The van der Waals surface area contributed by atoms with Crippen LogP contribution in [0.4, 0.5) is 5.69 Å². The lowest BCUT2D eigenvalue weighted by molar-refractivity contribution is -0.119. The molecular formula is C14H15N3O3S2. The molecule has 0 radical (unpaired) electrons. The molecule has 8 heteroatoms. The summed E-state index contributed by atoms with van der Waals surface area (Å²) in [6.07, 6.45) is 2.57. The Labute approximate surface area is 133 Å². The van der Waals surface area contributed by atoms with E-state index in [4.69, 9.17) is 0 Å². The number of carbonyl (C=O) groups excluding carboxylic acids is 1. The van der Waals surface area contributed by atoms with Gasteiger partial charge < -0.3 is 0 Å². The summed E-state index contributed by atoms with van der Waals surface area (Å²) in [5.41, 5.74) is 2.76. The number of nitrogens with zero attached hydrogens (tertiary/aromatic N) is 2. The maximum atomic E-state index is 11.9. The number of sulfonamides is 1. The van der Waals surface area contributed by atoms with Crippen LogP contribution in [0, 0.1) is 0 Å². The van der Waals surface area contributed by atoms with Crippen molar-refractivity contribution in [3.05, 3.63) is 52.7 Å². The van der Waals surface area contributed by atoms with Gasteiger partial charge in [-0.15, -0.1) is 11.3 Å². The average Bonchev–Trinajstić information content (AvgIpc) is 2.98.